The third-order valence-corrected chi connectivity index (χ3v) is 6.51. The van der Waals surface area contributed by atoms with E-state index in [4.69, 9.17) is 0 Å². The molecule has 134 valence electrons. The van der Waals surface area contributed by atoms with Crippen molar-refractivity contribution in [3.8, 4) is 0 Å². The normalized spacial score (nSPS) is 20.6. The molecule has 2 rings (SSSR count). The van der Waals surface area contributed by atoms with E-state index in [1.165, 1.54) is 20.8 Å². The predicted octanol–water partition coefficient (Wildman–Crippen LogP) is 1.91. The summed E-state index contributed by atoms with van der Waals surface area (Å²) < 4.78 is 25.3. The molecule has 1 aliphatic heterocycles. The standard InChI is InChI=1S/C17H19NO6S/c1-10-14(18(21)22)9-25(23,24)17(10)16(13-7-5-4-6-8-13)15(11(2)19)12(3)20/h4-8,14-16H,9H2,1-3H3/t14-,16-/m1/s1. The number of rotatable bonds is 6. The highest BCUT2D eigenvalue weighted by molar-refractivity contribution is 7.95. The Bertz CT molecular complexity index is 842. The Balaban J connectivity index is 2.77. The number of ketones is 2. The fraction of sp³-hybridized carbons (Fsp3) is 0.412. The average molecular weight is 365 g/mol. The molecule has 0 aromatic heterocycles. The van der Waals surface area contributed by atoms with E-state index in [9.17, 15) is 28.1 Å². The molecule has 1 aromatic rings. The van der Waals surface area contributed by atoms with E-state index in [2.05, 4.69) is 0 Å². The van der Waals surface area contributed by atoms with Gasteiger partial charge in [0.1, 0.15) is 17.3 Å². The molecule has 0 radical (unpaired) electrons. The molecule has 1 aromatic carbocycles. The molecule has 0 fully saturated rings. The highest BCUT2D eigenvalue weighted by atomic mass is 32.2. The summed E-state index contributed by atoms with van der Waals surface area (Å²) >= 11 is 0. The van der Waals surface area contributed by atoms with Gasteiger partial charge < -0.3 is 0 Å². The van der Waals surface area contributed by atoms with E-state index in [1.807, 2.05) is 0 Å². The third-order valence-electron chi connectivity index (χ3n) is 4.51. The van der Waals surface area contributed by atoms with E-state index in [0.29, 0.717) is 5.56 Å². The van der Waals surface area contributed by atoms with Gasteiger partial charge in [-0.3, -0.25) is 19.7 Å². The van der Waals surface area contributed by atoms with Gasteiger partial charge in [-0.25, -0.2) is 8.42 Å². The summed E-state index contributed by atoms with van der Waals surface area (Å²) in [7, 11) is -3.96. The first-order valence-corrected chi connectivity index (χ1v) is 9.36. The van der Waals surface area contributed by atoms with Gasteiger partial charge in [0.2, 0.25) is 6.04 Å². The molecular formula is C17H19NO6S. The van der Waals surface area contributed by atoms with Crippen molar-refractivity contribution in [2.75, 3.05) is 5.75 Å². The Morgan fingerprint density at radius 1 is 1.16 bits per heavy atom. The first-order valence-electron chi connectivity index (χ1n) is 7.70. The number of hydrogen-bond donors (Lipinski definition) is 0. The topological polar surface area (TPSA) is 111 Å². The van der Waals surface area contributed by atoms with E-state index < -0.39 is 50.0 Å². The SMILES string of the molecule is CC(=O)C(C(C)=O)[C@H](C1=C(C)[C@H]([N+](=O)[O-])CS1(=O)=O)c1ccccc1. The second-order valence-corrected chi connectivity index (χ2v) is 8.22. The van der Waals surface area contributed by atoms with Crippen LogP contribution in [0.2, 0.25) is 0 Å². The van der Waals surface area contributed by atoms with Crippen molar-refractivity contribution < 1.29 is 22.9 Å². The quantitative estimate of drug-likeness (QED) is 0.432. The Hall–Kier alpha value is -2.35. The van der Waals surface area contributed by atoms with Gasteiger partial charge in [0.05, 0.1) is 10.8 Å². The number of hydrogen-bond acceptors (Lipinski definition) is 6. The van der Waals surface area contributed by atoms with Crippen molar-refractivity contribution in [1.82, 2.24) is 0 Å². The first kappa shape index (κ1) is 19.0. The molecule has 1 aliphatic rings. The van der Waals surface area contributed by atoms with Crippen LogP contribution in [0.4, 0.5) is 0 Å². The van der Waals surface area contributed by atoms with Crippen molar-refractivity contribution in [3.05, 3.63) is 56.5 Å². The third kappa shape index (κ3) is 3.53. The summed E-state index contributed by atoms with van der Waals surface area (Å²) in [6, 6.07) is 6.95. The van der Waals surface area contributed by atoms with E-state index in [1.54, 1.807) is 30.3 Å². The summed E-state index contributed by atoms with van der Waals surface area (Å²) in [5.41, 5.74) is 0.561. The van der Waals surface area contributed by atoms with E-state index in [0.717, 1.165) is 0 Å². The molecule has 2 atom stereocenters. The molecule has 0 unspecified atom stereocenters. The summed E-state index contributed by atoms with van der Waals surface area (Å²) in [5, 5.41) is 11.2. The second kappa shape index (κ2) is 6.87. The average Bonchev–Trinajstić information content (AvgIpc) is 2.75. The van der Waals surface area contributed by atoms with Gasteiger partial charge >= 0.3 is 0 Å². The fourth-order valence-corrected chi connectivity index (χ4v) is 5.65. The Kier molecular flexibility index (Phi) is 5.22. The van der Waals surface area contributed by atoms with E-state index in [-0.39, 0.29) is 10.5 Å². The van der Waals surface area contributed by atoms with Crippen molar-refractivity contribution >= 4 is 21.4 Å². The minimum absolute atomic E-state index is 0.0892. The van der Waals surface area contributed by atoms with Crippen molar-refractivity contribution in [2.45, 2.75) is 32.7 Å². The number of Topliss-reactive ketones (excluding diaryl/α,β-unsaturated/α-hetero) is 2. The minimum atomic E-state index is -3.96. The molecule has 25 heavy (non-hydrogen) atoms. The smallest absolute Gasteiger partial charge is 0.249 e. The summed E-state index contributed by atoms with van der Waals surface area (Å²) in [5.74, 6) is -3.84. The van der Waals surface area contributed by atoms with Gasteiger partial charge in [0.15, 0.2) is 9.84 Å². The summed E-state index contributed by atoms with van der Waals surface area (Å²) in [4.78, 5) is 34.6. The molecule has 8 heteroatoms. The second-order valence-electron chi connectivity index (χ2n) is 6.22. The molecule has 0 saturated carbocycles. The maximum Gasteiger partial charge on any atom is 0.249 e. The zero-order valence-electron chi connectivity index (χ0n) is 14.1. The van der Waals surface area contributed by atoms with Gasteiger partial charge in [-0.1, -0.05) is 30.3 Å². The lowest BCUT2D eigenvalue weighted by molar-refractivity contribution is -0.505. The highest BCUT2D eigenvalue weighted by Crippen LogP contribution is 2.43. The van der Waals surface area contributed by atoms with Crippen LogP contribution in [0.25, 0.3) is 0 Å². The van der Waals surface area contributed by atoms with Crippen molar-refractivity contribution in [2.24, 2.45) is 5.92 Å². The lowest BCUT2D eigenvalue weighted by atomic mass is 9.79. The monoisotopic (exact) mass is 365 g/mol. The van der Waals surface area contributed by atoms with Gasteiger partial charge in [-0.15, -0.1) is 0 Å². The molecule has 0 N–H and O–H groups in total. The Morgan fingerprint density at radius 3 is 2.08 bits per heavy atom. The highest BCUT2D eigenvalue weighted by Gasteiger charge is 2.48. The van der Waals surface area contributed by atoms with Crippen LogP contribution in [0.15, 0.2) is 40.8 Å². The maximum atomic E-state index is 12.7. The zero-order chi connectivity index (χ0) is 18.9. The summed E-state index contributed by atoms with van der Waals surface area (Å²) in [6.45, 7) is 3.84. The molecule has 0 spiro atoms. The van der Waals surface area contributed by atoms with Gasteiger partial charge in [-0.05, 0) is 26.3 Å². The van der Waals surface area contributed by atoms with Gasteiger partial charge in [-0.2, -0.15) is 0 Å². The van der Waals surface area contributed by atoms with Gasteiger partial charge in [0.25, 0.3) is 0 Å². The van der Waals surface area contributed by atoms with E-state index >= 15 is 0 Å². The van der Waals surface area contributed by atoms with Crippen LogP contribution in [0.3, 0.4) is 0 Å². The minimum Gasteiger partial charge on any atom is -0.299 e. The largest absolute Gasteiger partial charge is 0.299 e. The van der Waals surface area contributed by atoms with Crippen LogP contribution in [0, 0.1) is 16.0 Å². The zero-order valence-corrected chi connectivity index (χ0v) is 14.9. The number of carbonyl (C=O) groups is 2. The van der Waals surface area contributed by atoms with Gasteiger partial charge in [0, 0.05) is 16.4 Å². The first-order chi connectivity index (χ1) is 11.6. The maximum absolute atomic E-state index is 12.7. The van der Waals surface area contributed by atoms with Crippen LogP contribution in [0.1, 0.15) is 32.3 Å². The van der Waals surface area contributed by atoms with Crippen molar-refractivity contribution in [1.29, 1.82) is 0 Å². The van der Waals surface area contributed by atoms with Crippen molar-refractivity contribution in [3.63, 3.8) is 0 Å². The molecule has 7 nitrogen and oxygen atoms in total. The lowest BCUT2D eigenvalue weighted by Crippen LogP contribution is -2.30. The Labute approximate surface area is 145 Å². The van der Waals surface area contributed by atoms with Crippen LogP contribution in [-0.4, -0.2) is 36.7 Å². The molecule has 0 aliphatic carbocycles. The number of carbonyl (C=O) groups excluding carboxylic acids is 2. The van der Waals surface area contributed by atoms with Crippen LogP contribution < -0.4 is 0 Å². The van der Waals surface area contributed by atoms with Crippen LogP contribution >= 0.6 is 0 Å². The molecule has 0 bridgehead atoms. The molecule has 0 saturated heterocycles. The fourth-order valence-electron chi connectivity index (χ4n) is 3.40. The Morgan fingerprint density at radius 2 is 1.68 bits per heavy atom. The number of allylic oxidation sites excluding steroid dienone is 1. The number of nitro groups is 1. The predicted molar refractivity (Wildman–Crippen MR) is 91.3 cm³/mol. The molecular weight excluding hydrogens is 346 g/mol. The molecule has 1 heterocycles. The molecule has 0 amide bonds. The van der Waals surface area contributed by atoms with Crippen LogP contribution in [0.5, 0.6) is 0 Å². The summed E-state index contributed by atoms with van der Waals surface area (Å²) in [6.07, 6.45) is 0. The van der Waals surface area contributed by atoms with Crippen LogP contribution in [-0.2, 0) is 19.4 Å². The number of benzene rings is 1. The number of nitrogens with zero attached hydrogens (tertiary/aromatic N) is 1. The lowest BCUT2D eigenvalue weighted by Gasteiger charge is -2.25. The number of sulfone groups is 1.